The Morgan fingerprint density at radius 1 is 1.00 bits per heavy atom. The highest BCUT2D eigenvalue weighted by atomic mass is 16.5. The number of benzene rings is 3. The Morgan fingerprint density at radius 2 is 1.75 bits per heavy atom. The summed E-state index contributed by atoms with van der Waals surface area (Å²) in [6.45, 7) is 0.551. The van der Waals surface area contributed by atoms with E-state index in [0.29, 0.717) is 41.2 Å². The van der Waals surface area contributed by atoms with Gasteiger partial charge in [-0.15, -0.1) is 0 Å². The van der Waals surface area contributed by atoms with Gasteiger partial charge in [-0.05, 0) is 65.7 Å². The van der Waals surface area contributed by atoms with E-state index in [2.05, 4.69) is 0 Å². The first kappa shape index (κ1) is 23.2. The zero-order valence-corrected chi connectivity index (χ0v) is 19.7. The van der Waals surface area contributed by atoms with Crippen molar-refractivity contribution in [3.63, 3.8) is 0 Å². The molecule has 8 nitrogen and oxygen atoms in total. The lowest BCUT2D eigenvalue weighted by atomic mass is 9.94. The molecule has 0 saturated carbocycles. The summed E-state index contributed by atoms with van der Waals surface area (Å²) in [5, 5.41) is 11.4. The van der Waals surface area contributed by atoms with E-state index in [4.69, 9.17) is 14.2 Å². The molecule has 36 heavy (non-hydrogen) atoms. The molecule has 0 radical (unpaired) electrons. The number of nitrogens with zero attached hydrogens (tertiary/aromatic N) is 1. The molecule has 1 N–H and O–H groups in total. The quantitative estimate of drug-likeness (QED) is 0.252. The van der Waals surface area contributed by atoms with E-state index >= 15 is 0 Å². The number of esters is 1. The predicted molar refractivity (Wildman–Crippen MR) is 131 cm³/mol. The fourth-order valence-electron chi connectivity index (χ4n) is 4.59. The molecular formula is C28H23NO7. The van der Waals surface area contributed by atoms with E-state index in [9.17, 15) is 19.5 Å². The fraction of sp³-hybridized carbons (Fsp3) is 0.179. The number of anilines is 1. The maximum Gasteiger partial charge on any atom is 0.337 e. The van der Waals surface area contributed by atoms with Crippen LogP contribution in [0.4, 0.5) is 5.69 Å². The molecule has 0 aliphatic carbocycles. The first-order chi connectivity index (χ1) is 17.4. The van der Waals surface area contributed by atoms with Crippen LogP contribution in [0.3, 0.4) is 0 Å². The molecule has 1 unspecified atom stereocenters. The van der Waals surface area contributed by atoms with Crippen molar-refractivity contribution in [1.29, 1.82) is 0 Å². The van der Waals surface area contributed by atoms with Crippen LogP contribution in [0.5, 0.6) is 11.5 Å². The maximum absolute atomic E-state index is 13.4. The molecule has 0 spiro atoms. The second kappa shape index (κ2) is 9.22. The summed E-state index contributed by atoms with van der Waals surface area (Å²) in [6, 6.07) is 17.4. The van der Waals surface area contributed by atoms with Crippen LogP contribution in [0.1, 0.15) is 33.1 Å². The van der Waals surface area contributed by atoms with E-state index in [1.807, 2.05) is 0 Å². The molecule has 1 atom stereocenters. The normalized spacial score (nSPS) is 18.1. The van der Waals surface area contributed by atoms with Crippen molar-refractivity contribution >= 4 is 29.1 Å². The highest BCUT2D eigenvalue weighted by Gasteiger charge is 2.47. The Balaban J connectivity index is 1.67. The number of aliphatic hydroxyl groups is 1. The molecular weight excluding hydrogens is 462 g/mol. The summed E-state index contributed by atoms with van der Waals surface area (Å²) in [6.07, 6.45) is 0.691. The summed E-state index contributed by atoms with van der Waals surface area (Å²) in [4.78, 5) is 39.9. The van der Waals surface area contributed by atoms with Crippen molar-refractivity contribution in [2.24, 2.45) is 0 Å². The van der Waals surface area contributed by atoms with Crippen molar-refractivity contribution in [2.75, 3.05) is 25.7 Å². The zero-order chi connectivity index (χ0) is 25.4. The molecule has 8 heteroatoms. The first-order valence-corrected chi connectivity index (χ1v) is 11.3. The number of hydrogen-bond donors (Lipinski definition) is 1. The lowest BCUT2D eigenvalue weighted by Crippen LogP contribution is -2.29. The average molecular weight is 485 g/mol. The summed E-state index contributed by atoms with van der Waals surface area (Å²) < 4.78 is 15.7. The van der Waals surface area contributed by atoms with Gasteiger partial charge in [0.1, 0.15) is 17.3 Å². The third kappa shape index (κ3) is 3.86. The smallest absolute Gasteiger partial charge is 0.337 e. The number of hydrogen-bond acceptors (Lipinski definition) is 7. The molecule has 0 bridgehead atoms. The van der Waals surface area contributed by atoms with E-state index in [0.717, 1.165) is 11.3 Å². The van der Waals surface area contributed by atoms with Gasteiger partial charge < -0.3 is 19.3 Å². The Labute approximate surface area is 207 Å². The van der Waals surface area contributed by atoms with Gasteiger partial charge in [-0.1, -0.05) is 12.1 Å². The van der Waals surface area contributed by atoms with Crippen LogP contribution in [-0.2, 0) is 20.7 Å². The molecule has 5 rings (SSSR count). The lowest BCUT2D eigenvalue weighted by Gasteiger charge is -2.26. The molecule has 2 aliphatic heterocycles. The highest BCUT2D eigenvalue weighted by Crippen LogP contribution is 2.43. The van der Waals surface area contributed by atoms with E-state index in [-0.39, 0.29) is 11.3 Å². The highest BCUT2D eigenvalue weighted by molar-refractivity contribution is 6.51. The summed E-state index contributed by atoms with van der Waals surface area (Å²) in [5.41, 5.74) is 2.58. The zero-order valence-electron chi connectivity index (χ0n) is 19.7. The topological polar surface area (TPSA) is 102 Å². The van der Waals surface area contributed by atoms with Crippen LogP contribution in [0.25, 0.3) is 5.76 Å². The second-order valence-corrected chi connectivity index (χ2v) is 8.41. The lowest BCUT2D eigenvalue weighted by molar-refractivity contribution is -0.132. The van der Waals surface area contributed by atoms with Crippen LogP contribution in [0.2, 0.25) is 0 Å². The predicted octanol–water partition coefficient (Wildman–Crippen LogP) is 4.04. The minimum Gasteiger partial charge on any atom is -0.507 e. The number of carbonyl (C=O) groups excluding carboxylic acids is 3. The minimum absolute atomic E-state index is 0.0378. The van der Waals surface area contributed by atoms with Crippen molar-refractivity contribution in [2.45, 2.75) is 12.5 Å². The number of carbonyl (C=O) groups is 3. The molecule has 2 heterocycles. The SMILES string of the molecule is COC(=O)c1ccc(N2C(=O)C(=O)/C(=C(\O)c3ccc4c(c3)CCO4)C2c2cccc(OC)c2)cc1. The van der Waals surface area contributed by atoms with Gasteiger partial charge in [0, 0.05) is 17.7 Å². The van der Waals surface area contributed by atoms with Crippen molar-refractivity contribution < 1.29 is 33.7 Å². The Hall–Kier alpha value is -4.59. The van der Waals surface area contributed by atoms with Crippen LogP contribution in [-0.4, -0.2) is 43.6 Å². The molecule has 0 aromatic heterocycles. The standard InChI is InChI=1S/C28H23NO7/c1-34-21-5-3-4-18(15-21)24-23(25(30)19-8-11-22-17(14-19)12-13-36-22)26(31)27(32)29(24)20-9-6-16(7-10-20)28(33)35-2/h3-11,14-15,24,30H,12-13H2,1-2H3/b25-23-. The molecule has 1 fully saturated rings. The van der Waals surface area contributed by atoms with Crippen molar-refractivity contribution in [3.05, 3.63) is 94.6 Å². The third-order valence-electron chi connectivity index (χ3n) is 6.38. The van der Waals surface area contributed by atoms with Crippen molar-refractivity contribution in [1.82, 2.24) is 0 Å². The second-order valence-electron chi connectivity index (χ2n) is 8.41. The van der Waals surface area contributed by atoms with E-state index < -0.39 is 23.7 Å². The van der Waals surface area contributed by atoms with E-state index in [1.54, 1.807) is 54.6 Å². The molecule has 3 aromatic carbocycles. The summed E-state index contributed by atoms with van der Waals surface area (Å²) in [5.74, 6) is -1.12. The van der Waals surface area contributed by atoms with Gasteiger partial charge in [-0.25, -0.2) is 4.79 Å². The van der Waals surface area contributed by atoms with Gasteiger partial charge >= 0.3 is 5.97 Å². The Morgan fingerprint density at radius 3 is 2.47 bits per heavy atom. The van der Waals surface area contributed by atoms with Gasteiger partial charge in [0.15, 0.2) is 0 Å². The van der Waals surface area contributed by atoms with Gasteiger partial charge in [0.25, 0.3) is 11.7 Å². The number of ketones is 1. The number of methoxy groups -OCH3 is 2. The number of amides is 1. The molecule has 2 aliphatic rings. The van der Waals surface area contributed by atoms with Crippen LogP contribution < -0.4 is 14.4 Å². The molecule has 1 saturated heterocycles. The van der Waals surface area contributed by atoms with Crippen LogP contribution >= 0.6 is 0 Å². The molecule has 1 amide bonds. The van der Waals surface area contributed by atoms with Crippen molar-refractivity contribution in [3.8, 4) is 11.5 Å². The third-order valence-corrected chi connectivity index (χ3v) is 6.38. The Kier molecular flexibility index (Phi) is 5.93. The first-order valence-electron chi connectivity index (χ1n) is 11.3. The number of Topliss-reactive ketones (excluding diaryl/α,β-unsaturated/α-hetero) is 1. The molecule has 182 valence electrons. The van der Waals surface area contributed by atoms with Gasteiger partial charge in [-0.3, -0.25) is 14.5 Å². The van der Waals surface area contributed by atoms with Gasteiger partial charge in [0.2, 0.25) is 0 Å². The summed E-state index contributed by atoms with van der Waals surface area (Å²) in [7, 11) is 2.80. The maximum atomic E-state index is 13.4. The summed E-state index contributed by atoms with van der Waals surface area (Å²) >= 11 is 0. The van der Waals surface area contributed by atoms with Crippen LogP contribution in [0.15, 0.2) is 72.3 Å². The average Bonchev–Trinajstić information content (AvgIpc) is 3.49. The number of aliphatic hydroxyl groups excluding tert-OH is 1. The monoisotopic (exact) mass is 485 g/mol. The van der Waals surface area contributed by atoms with E-state index in [1.165, 1.54) is 31.3 Å². The van der Waals surface area contributed by atoms with Gasteiger partial charge in [-0.2, -0.15) is 0 Å². The fourth-order valence-corrected chi connectivity index (χ4v) is 4.59. The minimum atomic E-state index is -0.923. The largest absolute Gasteiger partial charge is 0.507 e. The molecule has 3 aromatic rings. The number of ether oxygens (including phenoxy) is 3. The van der Waals surface area contributed by atoms with Crippen LogP contribution in [0, 0.1) is 0 Å². The Bertz CT molecular complexity index is 1410. The van der Waals surface area contributed by atoms with Gasteiger partial charge in [0.05, 0.1) is 38.0 Å². The number of rotatable bonds is 5. The number of fused-ring (bicyclic) bond motifs is 1.